The summed E-state index contributed by atoms with van der Waals surface area (Å²) in [7, 11) is 0. The van der Waals surface area contributed by atoms with Gasteiger partial charge in [0.1, 0.15) is 0 Å². The summed E-state index contributed by atoms with van der Waals surface area (Å²) in [5.41, 5.74) is 1.37. The minimum Gasteiger partial charge on any atom is -0.306 e. The Balaban J connectivity index is 2.25. The third-order valence-electron chi connectivity index (χ3n) is 2.51. The fourth-order valence-corrected chi connectivity index (χ4v) is 2.03. The molecule has 1 aromatic heterocycles. The summed E-state index contributed by atoms with van der Waals surface area (Å²) in [5.74, 6) is 0. The highest BCUT2D eigenvalue weighted by Crippen LogP contribution is 2.37. The van der Waals surface area contributed by atoms with E-state index in [1.165, 1.54) is 12.1 Å². The Kier molecular flexibility index (Phi) is 0.699. The highest BCUT2D eigenvalue weighted by Gasteiger charge is 2.36. The molecular formula is C7H9N3. The zero-order valence-electron chi connectivity index (χ0n) is 5.62. The molecule has 0 aromatic carbocycles. The first-order valence-electron chi connectivity index (χ1n) is 3.72. The molecule has 2 aliphatic heterocycles. The molecule has 3 heteroatoms. The molecular weight excluding hydrogens is 126 g/mol. The van der Waals surface area contributed by atoms with Crippen LogP contribution in [0, 0.1) is 0 Å². The topological polar surface area (TPSA) is 29.9 Å². The van der Waals surface area contributed by atoms with Crippen LogP contribution in [-0.4, -0.2) is 16.3 Å². The van der Waals surface area contributed by atoms with Gasteiger partial charge in [0.05, 0.1) is 17.8 Å². The Morgan fingerprint density at radius 2 is 2.70 bits per heavy atom. The van der Waals surface area contributed by atoms with Crippen molar-refractivity contribution in [3.63, 3.8) is 0 Å². The van der Waals surface area contributed by atoms with Crippen LogP contribution in [0.3, 0.4) is 0 Å². The van der Waals surface area contributed by atoms with Gasteiger partial charge in [0, 0.05) is 12.7 Å². The molecule has 1 aromatic rings. The van der Waals surface area contributed by atoms with E-state index in [9.17, 15) is 0 Å². The van der Waals surface area contributed by atoms with Crippen molar-refractivity contribution in [3.8, 4) is 0 Å². The first-order valence-corrected chi connectivity index (χ1v) is 3.72. The molecule has 2 aliphatic rings. The molecule has 1 N–H and O–H groups in total. The molecule has 52 valence electrons. The first kappa shape index (κ1) is 4.91. The van der Waals surface area contributed by atoms with E-state index in [0.29, 0.717) is 12.1 Å². The van der Waals surface area contributed by atoms with Crippen molar-refractivity contribution in [3.05, 3.63) is 18.0 Å². The van der Waals surface area contributed by atoms with Crippen molar-refractivity contribution >= 4 is 0 Å². The van der Waals surface area contributed by atoms with Crippen LogP contribution < -0.4 is 5.32 Å². The predicted molar refractivity (Wildman–Crippen MR) is 36.6 cm³/mol. The Hall–Kier alpha value is -0.830. The Morgan fingerprint density at radius 1 is 1.70 bits per heavy atom. The Bertz CT molecular complexity index is 241. The smallest absolute Gasteiger partial charge is 0.0666 e. The van der Waals surface area contributed by atoms with Crippen molar-refractivity contribution in [2.24, 2.45) is 0 Å². The summed E-state index contributed by atoms with van der Waals surface area (Å²) >= 11 is 0. The van der Waals surface area contributed by atoms with Crippen LogP contribution in [0.1, 0.15) is 24.2 Å². The fourth-order valence-electron chi connectivity index (χ4n) is 2.03. The highest BCUT2D eigenvalue weighted by molar-refractivity contribution is 5.17. The molecule has 3 rings (SSSR count). The Labute approximate surface area is 59.0 Å². The maximum Gasteiger partial charge on any atom is 0.0666 e. The lowest BCUT2D eigenvalue weighted by Crippen LogP contribution is -2.23. The molecule has 1 fully saturated rings. The summed E-state index contributed by atoms with van der Waals surface area (Å²) in [6, 6.07) is 3.36. The van der Waals surface area contributed by atoms with Crippen LogP contribution in [0.15, 0.2) is 12.3 Å². The zero-order chi connectivity index (χ0) is 6.55. The van der Waals surface area contributed by atoms with Gasteiger partial charge >= 0.3 is 0 Å². The van der Waals surface area contributed by atoms with E-state index in [-0.39, 0.29) is 0 Å². The summed E-state index contributed by atoms with van der Waals surface area (Å²) in [5, 5.41) is 7.69. The van der Waals surface area contributed by atoms with Gasteiger partial charge in [-0.15, -0.1) is 0 Å². The normalized spacial score (nSPS) is 34.8. The number of aromatic nitrogens is 2. The minimum atomic E-state index is 0.604. The monoisotopic (exact) mass is 135 g/mol. The lowest BCUT2D eigenvalue weighted by Gasteiger charge is -2.13. The molecule has 3 nitrogen and oxygen atoms in total. The van der Waals surface area contributed by atoms with E-state index in [4.69, 9.17) is 0 Å². The predicted octanol–water partition coefficient (Wildman–Crippen LogP) is 0.472. The van der Waals surface area contributed by atoms with Gasteiger partial charge in [-0.2, -0.15) is 5.10 Å². The highest BCUT2D eigenvalue weighted by atomic mass is 15.4. The summed E-state index contributed by atoms with van der Waals surface area (Å²) < 4.78 is 2.15. The maximum absolute atomic E-state index is 4.26. The number of nitrogens with zero attached hydrogens (tertiary/aromatic N) is 2. The van der Waals surface area contributed by atoms with Gasteiger partial charge in [-0.05, 0) is 12.5 Å². The van der Waals surface area contributed by atoms with E-state index in [1.807, 2.05) is 6.20 Å². The first-order chi connectivity index (χ1) is 4.95. The molecule has 2 unspecified atom stereocenters. The largest absolute Gasteiger partial charge is 0.306 e. The molecule has 1 saturated heterocycles. The van der Waals surface area contributed by atoms with Crippen molar-refractivity contribution in [2.45, 2.75) is 18.5 Å². The van der Waals surface area contributed by atoms with E-state index in [1.54, 1.807) is 0 Å². The number of nitrogens with one attached hydrogen (secondary N) is 1. The van der Waals surface area contributed by atoms with E-state index in [0.717, 1.165) is 6.54 Å². The van der Waals surface area contributed by atoms with E-state index >= 15 is 0 Å². The average Bonchev–Trinajstić information content (AvgIpc) is 2.60. The standard InChI is InChI=1S/C7H9N3/c1-2-9-10-5-3-6(7(1)10)8-4-5/h1-2,5-6,8H,3-4H2. The zero-order valence-corrected chi connectivity index (χ0v) is 5.62. The number of hydrogen-bond donors (Lipinski definition) is 1. The Morgan fingerprint density at radius 3 is 3.60 bits per heavy atom. The number of hydrogen-bond acceptors (Lipinski definition) is 2. The van der Waals surface area contributed by atoms with Gasteiger partial charge in [0.25, 0.3) is 0 Å². The molecule has 0 radical (unpaired) electrons. The van der Waals surface area contributed by atoms with Gasteiger partial charge in [-0.25, -0.2) is 0 Å². The van der Waals surface area contributed by atoms with Gasteiger partial charge in [-0.1, -0.05) is 0 Å². The third kappa shape index (κ3) is 0.399. The minimum absolute atomic E-state index is 0.604. The van der Waals surface area contributed by atoms with Crippen LogP contribution in [0.4, 0.5) is 0 Å². The maximum atomic E-state index is 4.26. The summed E-state index contributed by atoms with van der Waals surface area (Å²) in [6.45, 7) is 1.11. The van der Waals surface area contributed by atoms with Gasteiger partial charge < -0.3 is 5.32 Å². The van der Waals surface area contributed by atoms with Crippen molar-refractivity contribution < 1.29 is 0 Å². The lowest BCUT2D eigenvalue weighted by molar-refractivity contribution is 0.487. The summed E-state index contributed by atoms with van der Waals surface area (Å²) in [4.78, 5) is 0. The van der Waals surface area contributed by atoms with Crippen LogP contribution in [0.5, 0.6) is 0 Å². The number of fused-ring (bicyclic) bond motifs is 5. The third-order valence-corrected chi connectivity index (χ3v) is 2.51. The fraction of sp³-hybridized carbons (Fsp3) is 0.571. The number of rotatable bonds is 0. The molecule has 0 spiro atoms. The molecule has 10 heavy (non-hydrogen) atoms. The van der Waals surface area contributed by atoms with E-state index in [2.05, 4.69) is 21.2 Å². The van der Waals surface area contributed by atoms with Crippen LogP contribution >= 0.6 is 0 Å². The van der Waals surface area contributed by atoms with Gasteiger partial charge in [0.2, 0.25) is 0 Å². The van der Waals surface area contributed by atoms with Crippen LogP contribution in [0.25, 0.3) is 0 Å². The second kappa shape index (κ2) is 1.42. The van der Waals surface area contributed by atoms with Crippen LogP contribution in [0.2, 0.25) is 0 Å². The average molecular weight is 135 g/mol. The quantitative estimate of drug-likeness (QED) is 0.560. The molecule has 0 amide bonds. The molecule has 3 heterocycles. The molecule has 0 aliphatic carbocycles. The van der Waals surface area contributed by atoms with Crippen molar-refractivity contribution in [1.82, 2.24) is 15.1 Å². The van der Waals surface area contributed by atoms with Gasteiger partial charge in [0.15, 0.2) is 0 Å². The SMILES string of the molecule is c1cc2n(n1)C1CNC2C1. The van der Waals surface area contributed by atoms with E-state index < -0.39 is 0 Å². The second-order valence-corrected chi connectivity index (χ2v) is 3.05. The summed E-state index contributed by atoms with van der Waals surface area (Å²) in [6.07, 6.45) is 3.14. The second-order valence-electron chi connectivity index (χ2n) is 3.05. The molecule has 2 atom stereocenters. The molecule has 2 bridgehead atoms. The van der Waals surface area contributed by atoms with Crippen molar-refractivity contribution in [1.29, 1.82) is 0 Å². The molecule has 0 saturated carbocycles. The van der Waals surface area contributed by atoms with Crippen LogP contribution in [-0.2, 0) is 0 Å². The van der Waals surface area contributed by atoms with Gasteiger partial charge in [-0.3, -0.25) is 4.68 Å². The van der Waals surface area contributed by atoms with Crippen molar-refractivity contribution in [2.75, 3.05) is 6.54 Å². The lowest BCUT2D eigenvalue weighted by atomic mass is 10.2.